The van der Waals surface area contributed by atoms with Gasteiger partial charge in [0.15, 0.2) is 5.57 Å². The number of amides is 1. The zero-order valence-electron chi connectivity index (χ0n) is 10.4. The normalized spacial score (nSPS) is 11.3. The number of rotatable bonds is 8. The second-order valence-corrected chi connectivity index (χ2v) is 3.89. The van der Waals surface area contributed by atoms with Crippen molar-refractivity contribution >= 4 is 11.9 Å². The summed E-state index contributed by atoms with van der Waals surface area (Å²) in [7, 11) is 0. The van der Waals surface area contributed by atoms with Gasteiger partial charge in [0.2, 0.25) is 0 Å². The van der Waals surface area contributed by atoms with Crippen molar-refractivity contribution in [2.24, 2.45) is 0 Å². The van der Waals surface area contributed by atoms with Crippen molar-refractivity contribution in [3.63, 3.8) is 0 Å². The van der Waals surface area contributed by atoms with Crippen molar-refractivity contribution in [1.29, 1.82) is 5.26 Å². The second kappa shape index (κ2) is 9.05. The Morgan fingerprint density at radius 1 is 1.17 bits per heavy atom. The number of unbranched alkanes of at least 4 members (excludes halogenated alkanes) is 3. The van der Waals surface area contributed by atoms with Crippen LogP contribution < -0.4 is 5.32 Å². The largest absolute Gasteiger partial charge is 0.511 e. The SMILES string of the molecule is CC(O)=C(C#N)C(=O)NCCCCCCC(=O)O. The summed E-state index contributed by atoms with van der Waals surface area (Å²) in [5.74, 6) is -1.68. The summed E-state index contributed by atoms with van der Waals surface area (Å²) in [6, 6.07) is 1.63. The minimum Gasteiger partial charge on any atom is -0.511 e. The van der Waals surface area contributed by atoms with E-state index in [1.54, 1.807) is 6.07 Å². The first-order valence-corrected chi connectivity index (χ1v) is 5.79. The van der Waals surface area contributed by atoms with Crippen LogP contribution >= 0.6 is 0 Å². The molecule has 0 bridgehead atoms. The van der Waals surface area contributed by atoms with E-state index in [-0.39, 0.29) is 17.8 Å². The van der Waals surface area contributed by atoms with E-state index in [1.165, 1.54) is 6.92 Å². The Labute approximate surface area is 106 Å². The Morgan fingerprint density at radius 2 is 1.78 bits per heavy atom. The van der Waals surface area contributed by atoms with Crippen LogP contribution in [0.25, 0.3) is 0 Å². The number of carbonyl (C=O) groups excluding carboxylic acids is 1. The molecule has 0 unspecified atom stereocenters. The zero-order valence-corrected chi connectivity index (χ0v) is 10.4. The van der Waals surface area contributed by atoms with Gasteiger partial charge in [-0.15, -0.1) is 0 Å². The summed E-state index contributed by atoms with van der Waals surface area (Å²) in [4.78, 5) is 21.6. The maximum absolute atomic E-state index is 11.4. The molecule has 0 saturated carbocycles. The Balaban J connectivity index is 3.68. The highest BCUT2D eigenvalue weighted by Gasteiger charge is 2.11. The van der Waals surface area contributed by atoms with E-state index < -0.39 is 11.9 Å². The van der Waals surface area contributed by atoms with E-state index in [0.717, 1.165) is 12.8 Å². The topological polar surface area (TPSA) is 110 Å². The van der Waals surface area contributed by atoms with E-state index in [0.29, 0.717) is 19.4 Å². The standard InChI is InChI=1S/C12H18N2O4/c1-9(15)10(8-13)12(18)14-7-5-3-2-4-6-11(16)17/h15H,2-7H2,1H3,(H,14,18)(H,16,17). The Bertz CT molecular complexity index is 365. The Hall–Kier alpha value is -2.03. The number of hydrogen-bond acceptors (Lipinski definition) is 4. The third kappa shape index (κ3) is 7.28. The van der Waals surface area contributed by atoms with Crippen LogP contribution in [0.15, 0.2) is 11.3 Å². The lowest BCUT2D eigenvalue weighted by molar-refractivity contribution is -0.137. The molecule has 0 aliphatic rings. The molecule has 0 aromatic rings. The van der Waals surface area contributed by atoms with Gasteiger partial charge in [-0.2, -0.15) is 5.26 Å². The molecular formula is C12H18N2O4. The summed E-state index contributed by atoms with van der Waals surface area (Å²) in [6.07, 6.45) is 3.12. The third-order valence-corrected chi connectivity index (χ3v) is 2.30. The minimum absolute atomic E-state index is 0.164. The van der Waals surface area contributed by atoms with Crippen molar-refractivity contribution < 1.29 is 19.8 Å². The maximum Gasteiger partial charge on any atom is 0.303 e. The molecule has 0 rings (SSSR count). The second-order valence-electron chi connectivity index (χ2n) is 3.89. The molecule has 6 heteroatoms. The number of aliphatic carboxylic acids is 1. The summed E-state index contributed by atoms with van der Waals surface area (Å²) in [6.45, 7) is 1.69. The molecular weight excluding hydrogens is 236 g/mol. The average Bonchev–Trinajstić information content (AvgIpc) is 2.27. The van der Waals surface area contributed by atoms with Gasteiger partial charge in [0, 0.05) is 13.0 Å². The molecule has 0 radical (unpaired) electrons. The van der Waals surface area contributed by atoms with Crippen LogP contribution in [0, 0.1) is 11.3 Å². The van der Waals surface area contributed by atoms with E-state index in [2.05, 4.69) is 5.32 Å². The molecule has 0 aliphatic carbocycles. The van der Waals surface area contributed by atoms with Crippen molar-refractivity contribution in [3.8, 4) is 6.07 Å². The monoisotopic (exact) mass is 254 g/mol. The number of nitrogens with one attached hydrogen (secondary N) is 1. The van der Waals surface area contributed by atoms with Gasteiger partial charge in [0.25, 0.3) is 5.91 Å². The number of nitriles is 1. The molecule has 0 aromatic heterocycles. The number of allylic oxidation sites excluding steroid dienone is 1. The molecule has 0 aromatic carbocycles. The first-order chi connectivity index (χ1) is 8.49. The summed E-state index contributed by atoms with van der Waals surface area (Å²) < 4.78 is 0. The van der Waals surface area contributed by atoms with Crippen LogP contribution in [-0.2, 0) is 9.59 Å². The van der Waals surface area contributed by atoms with Gasteiger partial charge < -0.3 is 15.5 Å². The molecule has 18 heavy (non-hydrogen) atoms. The minimum atomic E-state index is -0.800. The van der Waals surface area contributed by atoms with Gasteiger partial charge in [0.1, 0.15) is 11.8 Å². The lowest BCUT2D eigenvalue weighted by atomic mass is 10.1. The molecule has 3 N–H and O–H groups in total. The van der Waals surface area contributed by atoms with E-state index in [9.17, 15) is 9.59 Å². The molecule has 1 amide bonds. The highest BCUT2D eigenvalue weighted by Crippen LogP contribution is 2.03. The van der Waals surface area contributed by atoms with Gasteiger partial charge in [-0.1, -0.05) is 12.8 Å². The highest BCUT2D eigenvalue weighted by molar-refractivity contribution is 5.97. The number of hydrogen-bond donors (Lipinski definition) is 3. The van der Waals surface area contributed by atoms with Crippen molar-refractivity contribution in [1.82, 2.24) is 5.32 Å². The average molecular weight is 254 g/mol. The van der Waals surface area contributed by atoms with Crippen LogP contribution in [0.2, 0.25) is 0 Å². The predicted molar refractivity (Wildman–Crippen MR) is 64.7 cm³/mol. The number of carboxylic acids is 1. The van der Waals surface area contributed by atoms with Gasteiger partial charge in [0.05, 0.1) is 0 Å². The van der Waals surface area contributed by atoms with Gasteiger partial charge >= 0.3 is 5.97 Å². The van der Waals surface area contributed by atoms with Gasteiger partial charge in [-0.25, -0.2) is 0 Å². The number of aliphatic hydroxyl groups excluding tert-OH is 1. The van der Waals surface area contributed by atoms with Gasteiger partial charge in [-0.3, -0.25) is 9.59 Å². The molecule has 0 fully saturated rings. The Morgan fingerprint density at radius 3 is 2.28 bits per heavy atom. The third-order valence-electron chi connectivity index (χ3n) is 2.30. The fourth-order valence-electron chi connectivity index (χ4n) is 1.34. The molecule has 0 saturated heterocycles. The Kier molecular flexibility index (Phi) is 8.03. The van der Waals surface area contributed by atoms with Crippen molar-refractivity contribution in [2.45, 2.75) is 39.0 Å². The van der Waals surface area contributed by atoms with Crippen LogP contribution in [0.1, 0.15) is 39.0 Å². The van der Waals surface area contributed by atoms with Gasteiger partial charge in [-0.05, 0) is 19.8 Å². The predicted octanol–water partition coefficient (Wildman–Crippen LogP) is 1.49. The quantitative estimate of drug-likeness (QED) is 0.263. The van der Waals surface area contributed by atoms with Crippen molar-refractivity contribution in [3.05, 3.63) is 11.3 Å². The molecule has 0 spiro atoms. The van der Waals surface area contributed by atoms with Crippen LogP contribution in [0.3, 0.4) is 0 Å². The summed E-state index contributed by atoms with van der Waals surface area (Å²) >= 11 is 0. The van der Waals surface area contributed by atoms with Crippen molar-refractivity contribution in [2.75, 3.05) is 6.54 Å². The lowest BCUT2D eigenvalue weighted by Crippen LogP contribution is -2.26. The van der Waals surface area contributed by atoms with Crippen LogP contribution in [-0.4, -0.2) is 28.6 Å². The highest BCUT2D eigenvalue weighted by atomic mass is 16.4. The fourth-order valence-corrected chi connectivity index (χ4v) is 1.34. The van der Waals surface area contributed by atoms with Crippen LogP contribution in [0.4, 0.5) is 0 Å². The molecule has 0 heterocycles. The smallest absolute Gasteiger partial charge is 0.303 e. The number of nitrogens with zero attached hydrogens (tertiary/aromatic N) is 1. The number of carboxylic acid groups (broad SMARTS) is 1. The first-order valence-electron chi connectivity index (χ1n) is 5.79. The first kappa shape index (κ1) is 16.0. The van der Waals surface area contributed by atoms with E-state index in [1.807, 2.05) is 0 Å². The number of carbonyl (C=O) groups is 2. The molecule has 0 atom stereocenters. The summed E-state index contributed by atoms with van der Waals surface area (Å²) in [5.41, 5.74) is -0.277. The lowest BCUT2D eigenvalue weighted by Gasteiger charge is -2.04. The van der Waals surface area contributed by atoms with E-state index in [4.69, 9.17) is 15.5 Å². The van der Waals surface area contributed by atoms with Crippen LogP contribution in [0.5, 0.6) is 0 Å². The van der Waals surface area contributed by atoms with E-state index >= 15 is 0 Å². The maximum atomic E-state index is 11.4. The molecule has 6 nitrogen and oxygen atoms in total. The molecule has 100 valence electrons. The summed E-state index contributed by atoms with van der Waals surface area (Å²) in [5, 5.41) is 28.6. The fraction of sp³-hybridized carbons (Fsp3) is 0.583. The zero-order chi connectivity index (χ0) is 14.0. The number of aliphatic hydroxyl groups is 1. The molecule has 0 aliphatic heterocycles.